The zero-order valence-corrected chi connectivity index (χ0v) is 12.3. The van der Waals surface area contributed by atoms with Crippen molar-refractivity contribution in [2.75, 3.05) is 19.7 Å². The summed E-state index contributed by atoms with van der Waals surface area (Å²) < 4.78 is 31.2. The van der Waals surface area contributed by atoms with Crippen LogP contribution in [0, 0.1) is 11.6 Å². The summed E-state index contributed by atoms with van der Waals surface area (Å²) in [6.07, 6.45) is 1.09. The van der Waals surface area contributed by atoms with Crippen molar-refractivity contribution < 1.29 is 28.2 Å². The Labute approximate surface area is 127 Å². The highest BCUT2D eigenvalue weighted by molar-refractivity contribution is 5.81. The molecular weight excluding hydrogens is 296 g/mol. The smallest absolute Gasteiger partial charge is 0.323 e. The SMILES string of the molecule is CCCN(CC(=O)O)C(=O)CCCOc1ccc(F)cc1F. The number of amides is 1. The molecule has 0 bridgehead atoms. The Balaban J connectivity index is 2.38. The van der Waals surface area contributed by atoms with Gasteiger partial charge in [0.15, 0.2) is 11.6 Å². The quantitative estimate of drug-likeness (QED) is 0.711. The fraction of sp³-hybridized carbons (Fsp3) is 0.467. The lowest BCUT2D eigenvalue weighted by Gasteiger charge is -2.19. The van der Waals surface area contributed by atoms with E-state index in [4.69, 9.17) is 9.84 Å². The highest BCUT2D eigenvalue weighted by atomic mass is 19.1. The number of hydrogen-bond donors (Lipinski definition) is 1. The summed E-state index contributed by atoms with van der Waals surface area (Å²) in [4.78, 5) is 23.8. The molecule has 1 amide bonds. The number of carbonyl (C=O) groups excluding carboxylic acids is 1. The Morgan fingerprint density at radius 1 is 1.32 bits per heavy atom. The van der Waals surface area contributed by atoms with Crippen LogP contribution < -0.4 is 4.74 Å². The number of carboxylic acids is 1. The lowest BCUT2D eigenvalue weighted by molar-refractivity contribution is -0.144. The first-order valence-electron chi connectivity index (χ1n) is 7.01. The topological polar surface area (TPSA) is 66.8 Å². The Bertz CT molecular complexity index is 522. The number of hydrogen-bond acceptors (Lipinski definition) is 3. The van der Waals surface area contributed by atoms with Crippen molar-refractivity contribution in [2.24, 2.45) is 0 Å². The number of rotatable bonds is 9. The van der Waals surface area contributed by atoms with Crippen LogP contribution >= 0.6 is 0 Å². The molecule has 0 fully saturated rings. The molecule has 1 N–H and O–H groups in total. The molecule has 1 aromatic rings. The molecule has 1 aromatic carbocycles. The molecule has 1 rings (SSSR count). The van der Waals surface area contributed by atoms with Crippen molar-refractivity contribution in [1.29, 1.82) is 0 Å². The standard InChI is InChI=1S/C15H19F2NO4/c1-2-7-18(10-15(20)21)14(19)4-3-8-22-13-6-5-11(16)9-12(13)17/h5-6,9H,2-4,7-8,10H2,1H3,(H,20,21). The summed E-state index contributed by atoms with van der Waals surface area (Å²) in [7, 11) is 0. The van der Waals surface area contributed by atoms with Crippen LogP contribution in [0.5, 0.6) is 5.75 Å². The van der Waals surface area contributed by atoms with Gasteiger partial charge in [-0.25, -0.2) is 8.78 Å². The van der Waals surface area contributed by atoms with Gasteiger partial charge in [-0.15, -0.1) is 0 Å². The molecule has 0 heterocycles. The minimum atomic E-state index is -1.06. The van der Waals surface area contributed by atoms with Gasteiger partial charge in [0, 0.05) is 19.0 Å². The van der Waals surface area contributed by atoms with E-state index >= 15 is 0 Å². The summed E-state index contributed by atoms with van der Waals surface area (Å²) in [5.74, 6) is -2.92. The van der Waals surface area contributed by atoms with E-state index in [1.54, 1.807) is 0 Å². The first-order valence-corrected chi connectivity index (χ1v) is 7.01. The third-order valence-electron chi connectivity index (χ3n) is 2.86. The van der Waals surface area contributed by atoms with E-state index in [2.05, 4.69) is 0 Å². The number of aliphatic carboxylic acids is 1. The predicted octanol–water partition coefficient (Wildman–Crippen LogP) is 2.45. The van der Waals surface area contributed by atoms with Gasteiger partial charge in [-0.1, -0.05) is 6.92 Å². The molecule has 0 aliphatic heterocycles. The van der Waals surface area contributed by atoms with Gasteiger partial charge in [0.1, 0.15) is 12.4 Å². The van der Waals surface area contributed by atoms with Crippen molar-refractivity contribution in [2.45, 2.75) is 26.2 Å². The van der Waals surface area contributed by atoms with E-state index in [-0.39, 0.29) is 31.2 Å². The van der Waals surface area contributed by atoms with Crippen LogP contribution in [-0.4, -0.2) is 41.6 Å². The van der Waals surface area contributed by atoms with Crippen LogP contribution in [0.2, 0.25) is 0 Å². The summed E-state index contributed by atoms with van der Waals surface area (Å²) in [6.45, 7) is 1.97. The number of halogens is 2. The number of carbonyl (C=O) groups is 2. The molecule has 0 aliphatic carbocycles. The molecular formula is C15H19F2NO4. The Morgan fingerprint density at radius 3 is 2.64 bits per heavy atom. The first-order chi connectivity index (χ1) is 10.4. The molecule has 22 heavy (non-hydrogen) atoms. The van der Waals surface area contributed by atoms with Crippen LogP contribution in [0.3, 0.4) is 0 Å². The monoisotopic (exact) mass is 315 g/mol. The maximum absolute atomic E-state index is 13.3. The summed E-state index contributed by atoms with van der Waals surface area (Å²) in [6, 6.07) is 2.98. The van der Waals surface area contributed by atoms with Crippen molar-refractivity contribution in [3.63, 3.8) is 0 Å². The average Bonchev–Trinajstić information content (AvgIpc) is 2.44. The normalized spacial score (nSPS) is 10.3. The highest BCUT2D eigenvalue weighted by Crippen LogP contribution is 2.17. The lowest BCUT2D eigenvalue weighted by Crippen LogP contribution is -2.36. The summed E-state index contributed by atoms with van der Waals surface area (Å²) >= 11 is 0. The van der Waals surface area contributed by atoms with Gasteiger partial charge in [0.25, 0.3) is 0 Å². The maximum atomic E-state index is 13.3. The fourth-order valence-electron chi connectivity index (χ4n) is 1.88. The van der Waals surface area contributed by atoms with Gasteiger partial charge in [0.2, 0.25) is 5.91 Å². The van der Waals surface area contributed by atoms with Crippen LogP contribution in [0.15, 0.2) is 18.2 Å². The second-order valence-corrected chi connectivity index (χ2v) is 4.74. The first kappa shape index (κ1) is 17.9. The molecule has 0 atom stereocenters. The second kappa shape index (κ2) is 8.96. The van der Waals surface area contributed by atoms with E-state index in [0.717, 1.165) is 12.1 Å². The number of ether oxygens (including phenoxy) is 1. The number of benzene rings is 1. The van der Waals surface area contributed by atoms with Gasteiger partial charge in [-0.05, 0) is 25.0 Å². The molecule has 0 aliphatic rings. The largest absolute Gasteiger partial charge is 0.491 e. The fourth-order valence-corrected chi connectivity index (χ4v) is 1.88. The molecule has 0 spiro atoms. The predicted molar refractivity (Wildman–Crippen MR) is 75.6 cm³/mol. The number of nitrogens with zero attached hydrogens (tertiary/aromatic N) is 1. The minimum Gasteiger partial charge on any atom is -0.491 e. The average molecular weight is 315 g/mol. The molecule has 0 unspecified atom stereocenters. The van der Waals surface area contributed by atoms with Crippen LogP contribution in [-0.2, 0) is 9.59 Å². The molecule has 0 saturated carbocycles. The molecule has 0 radical (unpaired) electrons. The molecule has 0 aromatic heterocycles. The van der Waals surface area contributed by atoms with E-state index in [1.165, 1.54) is 11.0 Å². The van der Waals surface area contributed by atoms with Crippen molar-refractivity contribution in [1.82, 2.24) is 4.90 Å². The zero-order valence-electron chi connectivity index (χ0n) is 12.3. The number of carboxylic acid groups (broad SMARTS) is 1. The molecule has 7 heteroatoms. The maximum Gasteiger partial charge on any atom is 0.323 e. The lowest BCUT2D eigenvalue weighted by atomic mass is 10.2. The van der Waals surface area contributed by atoms with Gasteiger partial charge >= 0.3 is 5.97 Å². The van der Waals surface area contributed by atoms with Crippen LogP contribution in [0.4, 0.5) is 8.78 Å². The van der Waals surface area contributed by atoms with E-state index in [0.29, 0.717) is 19.4 Å². The van der Waals surface area contributed by atoms with Gasteiger partial charge < -0.3 is 14.7 Å². The van der Waals surface area contributed by atoms with Gasteiger partial charge in [-0.3, -0.25) is 9.59 Å². The zero-order chi connectivity index (χ0) is 16.5. The van der Waals surface area contributed by atoms with E-state index in [9.17, 15) is 18.4 Å². The Morgan fingerprint density at radius 2 is 2.05 bits per heavy atom. The third kappa shape index (κ3) is 6.07. The summed E-state index contributed by atoms with van der Waals surface area (Å²) in [5, 5.41) is 8.74. The Kier molecular flexibility index (Phi) is 7.28. The van der Waals surface area contributed by atoms with Crippen LogP contribution in [0.25, 0.3) is 0 Å². The van der Waals surface area contributed by atoms with Crippen molar-refractivity contribution in [3.05, 3.63) is 29.8 Å². The molecule has 122 valence electrons. The van der Waals surface area contributed by atoms with Gasteiger partial charge in [-0.2, -0.15) is 0 Å². The van der Waals surface area contributed by atoms with Crippen molar-refractivity contribution in [3.8, 4) is 5.75 Å². The molecule has 0 saturated heterocycles. The molecule has 5 nitrogen and oxygen atoms in total. The van der Waals surface area contributed by atoms with Gasteiger partial charge in [0.05, 0.1) is 6.61 Å². The third-order valence-corrected chi connectivity index (χ3v) is 2.86. The minimum absolute atomic E-state index is 0.0789. The second-order valence-electron chi connectivity index (χ2n) is 4.74. The van der Waals surface area contributed by atoms with E-state index < -0.39 is 17.6 Å². The Hall–Kier alpha value is -2.18. The van der Waals surface area contributed by atoms with Crippen molar-refractivity contribution >= 4 is 11.9 Å². The summed E-state index contributed by atoms with van der Waals surface area (Å²) in [5.41, 5.74) is 0. The van der Waals surface area contributed by atoms with Crippen LogP contribution in [0.1, 0.15) is 26.2 Å². The highest BCUT2D eigenvalue weighted by Gasteiger charge is 2.15. The van der Waals surface area contributed by atoms with E-state index in [1.807, 2.05) is 6.92 Å².